The fourth-order valence-electron chi connectivity index (χ4n) is 1.59. The minimum Gasteiger partial charge on any atom is -0.267 e. The van der Waals surface area contributed by atoms with Crippen molar-refractivity contribution in [2.24, 2.45) is 0 Å². The van der Waals surface area contributed by atoms with E-state index in [1.165, 1.54) is 18.2 Å². The molecule has 0 unspecified atom stereocenters. The summed E-state index contributed by atoms with van der Waals surface area (Å²) < 4.78 is 27.7. The van der Waals surface area contributed by atoms with Gasteiger partial charge in [-0.3, -0.25) is 5.10 Å². The lowest BCUT2D eigenvalue weighted by Crippen LogP contribution is -2.00. The monoisotopic (exact) mass is 252 g/mol. The quantitative estimate of drug-likeness (QED) is 0.784. The predicted octanol–water partition coefficient (Wildman–Crippen LogP) is 3.70. The molecule has 0 aliphatic heterocycles. The zero-order chi connectivity index (χ0) is 12.6. The van der Waals surface area contributed by atoms with E-state index in [9.17, 15) is 8.78 Å². The molecule has 0 atom stereocenters. The van der Waals surface area contributed by atoms with E-state index in [1.807, 2.05) is 0 Å². The lowest BCUT2D eigenvalue weighted by Gasteiger charge is -2.09. The van der Waals surface area contributed by atoms with Crippen molar-refractivity contribution < 1.29 is 8.78 Å². The number of benzene rings is 1. The third kappa shape index (κ3) is 1.98. The molecule has 2 rings (SSSR count). The van der Waals surface area contributed by atoms with Crippen LogP contribution in [0.1, 0.15) is 11.1 Å². The largest absolute Gasteiger partial charge is 0.267 e. The minimum atomic E-state index is -0.634. The van der Waals surface area contributed by atoms with E-state index in [1.54, 1.807) is 13.8 Å². The second-order valence-electron chi connectivity index (χ2n) is 3.75. The molecule has 0 amide bonds. The molecule has 88 valence electrons. The average molecular weight is 252 g/mol. The first-order valence-electron chi connectivity index (χ1n) is 5.02. The van der Waals surface area contributed by atoms with Crippen molar-refractivity contribution in [3.8, 4) is 11.3 Å². The van der Waals surface area contributed by atoms with Gasteiger partial charge in [0.25, 0.3) is 0 Å². The van der Waals surface area contributed by atoms with Crippen LogP contribution in [0, 0.1) is 30.1 Å². The Morgan fingerprint density at radius 3 is 2.29 bits per heavy atom. The SMILES string of the molecule is Cc1c(-c2c(F)cccc2F)n[nH]c(=S)c1C. The van der Waals surface area contributed by atoms with Gasteiger partial charge in [0, 0.05) is 0 Å². The van der Waals surface area contributed by atoms with Gasteiger partial charge in [-0.05, 0) is 37.1 Å². The molecule has 5 heteroatoms. The molecule has 1 heterocycles. The van der Waals surface area contributed by atoms with Crippen LogP contribution in [-0.4, -0.2) is 10.2 Å². The van der Waals surface area contributed by atoms with Crippen LogP contribution in [0.25, 0.3) is 11.3 Å². The van der Waals surface area contributed by atoms with Gasteiger partial charge in [-0.25, -0.2) is 8.78 Å². The van der Waals surface area contributed by atoms with E-state index in [4.69, 9.17) is 12.2 Å². The predicted molar refractivity (Wildman–Crippen MR) is 64.2 cm³/mol. The van der Waals surface area contributed by atoms with Gasteiger partial charge in [-0.2, -0.15) is 5.10 Å². The van der Waals surface area contributed by atoms with E-state index in [2.05, 4.69) is 10.2 Å². The maximum atomic E-state index is 13.6. The van der Waals surface area contributed by atoms with Gasteiger partial charge in [0.2, 0.25) is 0 Å². The number of H-pyrrole nitrogens is 1. The lowest BCUT2D eigenvalue weighted by molar-refractivity contribution is 0.587. The number of rotatable bonds is 1. The Bertz CT molecular complexity index is 615. The highest BCUT2D eigenvalue weighted by Gasteiger charge is 2.16. The standard InChI is InChI=1S/C12H10F2N2S/c1-6-7(2)12(17)16-15-11(6)10-8(13)4-3-5-9(10)14/h3-5H,1-2H3,(H,16,17). The fourth-order valence-corrected chi connectivity index (χ4v) is 1.79. The van der Waals surface area contributed by atoms with Crippen molar-refractivity contribution in [3.05, 3.63) is 45.6 Å². The lowest BCUT2D eigenvalue weighted by atomic mass is 10.0. The van der Waals surface area contributed by atoms with Crippen LogP contribution in [-0.2, 0) is 0 Å². The molecule has 2 aromatic rings. The van der Waals surface area contributed by atoms with Crippen molar-refractivity contribution in [1.29, 1.82) is 0 Å². The summed E-state index contributed by atoms with van der Waals surface area (Å²) in [5.41, 5.74) is 1.58. The molecule has 0 saturated carbocycles. The number of hydrogen-bond acceptors (Lipinski definition) is 2. The second kappa shape index (κ2) is 4.33. The van der Waals surface area contributed by atoms with Crippen LogP contribution in [0.4, 0.5) is 8.78 Å². The van der Waals surface area contributed by atoms with E-state index in [0.717, 1.165) is 5.56 Å². The minimum absolute atomic E-state index is 0.126. The van der Waals surface area contributed by atoms with Gasteiger partial charge in [0.1, 0.15) is 16.3 Å². The number of nitrogens with one attached hydrogen (secondary N) is 1. The number of nitrogens with zero attached hydrogens (tertiary/aromatic N) is 1. The number of aromatic nitrogens is 2. The number of halogens is 2. The van der Waals surface area contributed by atoms with E-state index in [0.29, 0.717) is 10.2 Å². The van der Waals surface area contributed by atoms with Crippen molar-refractivity contribution in [2.75, 3.05) is 0 Å². The third-order valence-electron chi connectivity index (χ3n) is 2.73. The van der Waals surface area contributed by atoms with Crippen molar-refractivity contribution in [3.63, 3.8) is 0 Å². The maximum Gasteiger partial charge on any atom is 0.135 e. The van der Waals surface area contributed by atoms with Gasteiger partial charge in [-0.1, -0.05) is 18.3 Å². The molecule has 1 aromatic heterocycles. The molecule has 0 saturated heterocycles. The molecule has 0 fully saturated rings. The first kappa shape index (κ1) is 11.9. The number of hydrogen-bond donors (Lipinski definition) is 1. The molecule has 0 radical (unpaired) electrons. The molecule has 0 spiro atoms. The molecule has 0 bridgehead atoms. The summed E-state index contributed by atoms with van der Waals surface area (Å²) in [6.45, 7) is 3.53. The molecular weight excluding hydrogens is 242 g/mol. The summed E-state index contributed by atoms with van der Waals surface area (Å²) in [5.74, 6) is -1.27. The van der Waals surface area contributed by atoms with E-state index < -0.39 is 11.6 Å². The van der Waals surface area contributed by atoms with Crippen LogP contribution in [0.15, 0.2) is 18.2 Å². The smallest absolute Gasteiger partial charge is 0.135 e. The molecule has 1 aromatic carbocycles. The van der Waals surface area contributed by atoms with Gasteiger partial charge < -0.3 is 0 Å². The van der Waals surface area contributed by atoms with Crippen LogP contribution < -0.4 is 0 Å². The zero-order valence-electron chi connectivity index (χ0n) is 9.34. The molecule has 2 nitrogen and oxygen atoms in total. The van der Waals surface area contributed by atoms with Crippen LogP contribution in [0.5, 0.6) is 0 Å². The summed E-state index contributed by atoms with van der Waals surface area (Å²) in [7, 11) is 0. The van der Waals surface area contributed by atoms with Crippen molar-refractivity contribution in [1.82, 2.24) is 10.2 Å². The fraction of sp³-hybridized carbons (Fsp3) is 0.167. The van der Waals surface area contributed by atoms with Gasteiger partial charge in [-0.15, -0.1) is 0 Å². The Balaban J connectivity index is 2.78. The first-order chi connectivity index (χ1) is 8.02. The highest BCUT2D eigenvalue weighted by molar-refractivity contribution is 7.71. The summed E-state index contributed by atoms with van der Waals surface area (Å²) in [6, 6.07) is 3.73. The zero-order valence-corrected chi connectivity index (χ0v) is 10.2. The van der Waals surface area contributed by atoms with E-state index >= 15 is 0 Å². The number of aromatic amines is 1. The van der Waals surface area contributed by atoms with E-state index in [-0.39, 0.29) is 11.3 Å². The highest BCUT2D eigenvalue weighted by Crippen LogP contribution is 2.27. The van der Waals surface area contributed by atoms with Gasteiger partial charge in [0.15, 0.2) is 0 Å². The summed E-state index contributed by atoms with van der Waals surface area (Å²) in [5, 5.41) is 6.51. The van der Waals surface area contributed by atoms with Crippen molar-refractivity contribution in [2.45, 2.75) is 13.8 Å². The molecule has 0 aliphatic carbocycles. The highest BCUT2D eigenvalue weighted by atomic mass is 32.1. The summed E-state index contributed by atoms with van der Waals surface area (Å²) in [4.78, 5) is 0. The van der Waals surface area contributed by atoms with Crippen LogP contribution >= 0.6 is 12.2 Å². The Kier molecular flexibility index (Phi) is 3.02. The third-order valence-corrected chi connectivity index (χ3v) is 3.12. The maximum absolute atomic E-state index is 13.6. The molecule has 1 N–H and O–H groups in total. The van der Waals surface area contributed by atoms with Crippen LogP contribution in [0.3, 0.4) is 0 Å². The normalized spacial score (nSPS) is 10.6. The summed E-state index contributed by atoms with van der Waals surface area (Å²) >= 11 is 5.01. The Morgan fingerprint density at radius 2 is 1.71 bits per heavy atom. The van der Waals surface area contributed by atoms with Gasteiger partial charge >= 0.3 is 0 Å². The summed E-state index contributed by atoms with van der Waals surface area (Å²) in [6.07, 6.45) is 0. The Morgan fingerprint density at radius 1 is 1.12 bits per heavy atom. The first-order valence-corrected chi connectivity index (χ1v) is 5.43. The second-order valence-corrected chi connectivity index (χ2v) is 4.16. The average Bonchev–Trinajstić information content (AvgIpc) is 2.29. The Hall–Kier alpha value is -1.62. The topological polar surface area (TPSA) is 28.7 Å². The van der Waals surface area contributed by atoms with Gasteiger partial charge in [0.05, 0.1) is 11.3 Å². The van der Waals surface area contributed by atoms with Crippen molar-refractivity contribution >= 4 is 12.2 Å². The Labute approximate surface area is 102 Å². The molecular formula is C12H10F2N2S. The molecule has 17 heavy (non-hydrogen) atoms. The molecule has 0 aliphatic rings. The van der Waals surface area contributed by atoms with Crippen LogP contribution in [0.2, 0.25) is 0 Å².